The normalized spacial score (nSPS) is 29.8. The second kappa shape index (κ2) is 6.59. The zero-order valence-electron chi connectivity index (χ0n) is 13.4. The van der Waals surface area contributed by atoms with Crippen LogP contribution in [0.3, 0.4) is 0 Å². The minimum Gasteiger partial charge on any atom is -0.327 e. The van der Waals surface area contributed by atoms with Crippen molar-refractivity contribution in [3.63, 3.8) is 0 Å². The van der Waals surface area contributed by atoms with Gasteiger partial charge >= 0.3 is 0 Å². The molecule has 114 valence electrons. The van der Waals surface area contributed by atoms with Crippen LogP contribution in [0.2, 0.25) is 0 Å². The van der Waals surface area contributed by atoms with E-state index in [1.165, 1.54) is 30.7 Å². The Morgan fingerprint density at radius 3 is 2.80 bits per heavy atom. The van der Waals surface area contributed by atoms with Gasteiger partial charge in [0.1, 0.15) is 0 Å². The van der Waals surface area contributed by atoms with Crippen molar-refractivity contribution in [3.8, 4) is 0 Å². The highest BCUT2D eigenvalue weighted by Gasteiger charge is 2.41. The lowest BCUT2D eigenvalue weighted by Gasteiger charge is -2.48. The Bertz CT molecular complexity index is 399. The Labute approximate surface area is 128 Å². The van der Waals surface area contributed by atoms with Gasteiger partial charge in [0, 0.05) is 24.0 Å². The van der Waals surface area contributed by atoms with Gasteiger partial charge in [0.05, 0.1) is 0 Å². The minimum absolute atomic E-state index is 0.356. The van der Waals surface area contributed by atoms with E-state index in [9.17, 15) is 0 Å². The maximum Gasteiger partial charge on any atom is 0.00698 e. The highest BCUT2D eigenvalue weighted by Crippen LogP contribution is 2.44. The fourth-order valence-electron chi connectivity index (χ4n) is 3.49. The van der Waals surface area contributed by atoms with Gasteiger partial charge in [-0.15, -0.1) is 11.3 Å². The standard InChI is InChI=1S/C17H30N2S/c1-13-16(18)8-7-14(17(13,2)3)12-19(4)10-9-15-6-5-11-20-15/h5-6,11,13-14,16H,7-10,12,18H2,1-4H3. The van der Waals surface area contributed by atoms with Gasteiger partial charge in [0.15, 0.2) is 0 Å². The van der Waals surface area contributed by atoms with Gasteiger partial charge in [-0.05, 0) is 55.0 Å². The third kappa shape index (κ3) is 3.63. The fraction of sp³-hybridized carbons (Fsp3) is 0.765. The molecule has 3 unspecified atom stereocenters. The van der Waals surface area contributed by atoms with Gasteiger partial charge in [0.2, 0.25) is 0 Å². The van der Waals surface area contributed by atoms with Crippen LogP contribution in [-0.2, 0) is 6.42 Å². The number of nitrogens with two attached hydrogens (primary N) is 1. The van der Waals surface area contributed by atoms with Crippen molar-refractivity contribution in [1.82, 2.24) is 4.90 Å². The van der Waals surface area contributed by atoms with Crippen molar-refractivity contribution < 1.29 is 0 Å². The van der Waals surface area contributed by atoms with Crippen molar-refractivity contribution in [2.24, 2.45) is 23.0 Å². The van der Waals surface area contributed by atoms with E-state index in [1.807, 2.05) is 11.3 Å². The molecule has 3 heteroatoms. The highest BCUT2D eigenvalue weighted by atomic mass is 32.1. The van der Waals surface area contributed by atoms with Gasteiger partial charge < -0.3 is 10.6 Å². The van der Waals surface area contributed by atoms with E-state index in [1.54, 1.807) is 0 Å². The summed E-state index contributed by atoms with van der Waals surface area (Å²) in [5.41, 5.74) is 6.61. The van der Waals surface area contributed by atoms with Crippen LogP contribution in [0, 0.1) is 17.3 Å². The van der Waals surface area contributed by atoms with Gasteiger partial charge in [-0.1, -0.05) is 26.8 Å². The largest absolute Gasteiger partial charge is 0.327 e. The van der Waals surface area contributed by atoms with Crippen molar-refractivity contribution in [2.45, 2.75) is 46.1 Å². The van der Waals surface area contributed by atoms with Crippen molar-refractivity contribution in [1.29, 1.82) is 0 Å². The van der Waals surface area contributed by atoms with Crippen LogP contribution in [0.25, 0.3) is 0 Å². The predicted octanol–water partition coefficient (Wildman–Crippen LogP) is 3.62. The minimum atomic E-state index is 0.356. The lowest BCUT2D eigenvalue weighted by atomic mass is 9.61. The number of likely N-dealkylation sites (N-methyl/N-ethyl adjacent to an activating group) is 1. The number of hydrogen-bond acceptors (Lipinski definition) is 3. The average molecular weight is 295 g/mol. The third-order valence-corrected chi connectivity index (χ3v) is 6.50. The first kappa shape index (κ1) is 16.0. The molecule has 0 aromatic carbocycles. The maximum absolute atomic E-state index is 6.26. The first-order valence-corrected chi connectivity index (χ1v) is 8.75. The average Bonchev–Trinajstić information content (AvgIpc) is 2.91. The molecule has 1 aromatic heterocycles. The molecular weight excluding hydrogens is 264 g/mol. The van der Waals surface area contributed by atoms with Gasteiger partial charge in [0.25, 0.3) is 0 Å². The molecule has 1 saturated carbocycles. The van der Waals surface area contributed by atoms with E-state index >= 15 is 0 Å². The molecule has 0 saturated heterocycles. The van der Waals surface area contributed by atoms with Crippen LogP contribution in [0.1, 0.15) is 38.5 Å². The van der Waals surface area contributed by atoms with Gasteiger partial charge in [-0.25, -0.2) is 0 Å². The quantitative estimate of drug-likeness (QED) is 0.898. The van der Waals surface area contributed by atoms with Crippen LogP contribution in [0.4, 0.5) is 0 Å². The smallest absolute Gasteiger partial charge is 0.00698 e. The summed E-state index contributed by atoms with van der Waals surface area (Å²) in [4.78, 5) is 4.01. The molecule has 0 spiro atoms. The summed E-state index contributed by atoms with van der Waals surface area (Å²) < 4.78 is 0. The summed E-state index contributed by atoms with van der Waals surface area (Å²) in [6, 6.07) is 4.77. The zero-order chi connectivity index (χ0) is 14.8. The van der Waals surface area contributed by atoms with E-state index in [2.05, 4.69) is 50.2 Å². The summed E-state index contributed by atoms with van der Waals surface area (Å²) in [5, 5.41) is 2.17. The molecule has 0 radical (unpaired) electrons. The molecule has 0 aliphatic heterocycles. The van der Waals surface area contributed by atoms with E-state index in [-0.39, 0.29) is 0 Å². The molecule has 1 aliphatic rings. The summed E-state index contributed by atoms with van der Waals surface area (Å²) >= 11 is 1.87. The molecule has 2 rings (SSSR count). The van der Waals surface area contributed by atoms with Crippen LogP contribution in [-0.4, -0.2) is 31.1 Å². The Kier molecular flexibility index (Phi) is 5.27. The molecule has 3 atom stereocenters. The summed E-state index contributed by atoms with van der Waals surface area (Å²) in [6.45, 7) is 9.52. The van der Waals surface area contributed by atoms with Gasteiger partial charge in [-0.3, -0.25) is 0 Å². The van der Waals surface area contributed by atoms with Crippen LogP contribution in [0.5, 0.6) is 0 Å². The van der Waals surface area contributed by atoms with E-state index < -0.39 is 0 Å². The highest BCUT2D eigenvalue weighted by molar-refractivity contribution is 7.09. The molecule has 0 bridgehead atoms. The molecule has 2 N–H and O–H groups in total. The van der Waals surface area contributed by atoms with Gasteiger partial charge in [-0.2, -0.15) is 0 Å². The van der Waals surface area contributed by atoms with Crippen LogP contribution < -0.4 is 5.73 Å². The molecular formula is C17H30N2S. The predicted molar refractivity (Wildman–Crippen MR) is 89.2 cm³/mol. The molecule has 1 heterocycles. The monoisotopic (exact) mass is 294 g/mol. The Morgan fingerprint density at radius 1 is 1.40 bits per heavy atom. The molecule has 1 aromatic rings. The second-order valence-corrected chi connectivity index (χ2v) is 8.17. The van der Waals surface area contributed by atoms with Crippen molar-refractivity contribution >= 4 is 11.3 Å². The number of thiophene rings is 1. The van der Waals surface area contributed by atoms with E-state index in [4.69, 9.17) is 5.73 Å². The molecule has 20 heavy (non-hydrogen) atoms. The third-order valence-electron chi connectivity index (χ3n) is 5.57. The molecule has 1 fully saturated rings. The second-order valence-electron chi connectivity index (χ2n) is 7.14. The summed E-state index contributed by atoms with van der Waals surface area (Å²) in [5.74, 6) is 1.39. The summed E-state index contributed by atoms with van der Waals surface area (Å²) in [7, 11) is 2.27. The Balaban J connectivity index is 1.85. The topological polar surface area (TPSA) is 29.3 Å². The van der Waals surface area contributed by atoms with Crippen molar-refractivity contribution in [3.05, 3.63) is 22.4 Å². The Hall–Kier alpha value is -0.380. The summed E-state index contributed by atoms with van der Waals surface area (Å²) in [6.07, 6.45) is 3.65. The maximum atomic E-state index is 6.26. The van der Waals surface area contributed by atoms with Crippen molar-refractivity contribution in [2.75, 3.05) is 20.1 Å². The SMILES string of the molecule is CC1C(N)CCC(CN(C)CCc2cccs2)C1(C)C. The molecule has 1 aliphatic carbocycles. The van der Waals surface area contributed by atoms with Crippen LogP contribution >= 0.6 is 11.3 Å². The number of rotatable bonds is 5. The Morgan fingerprint density at radius 2 is 2.15 bits per heavy atom. The first-order chi connectivity index (χ1) is 9.41. The molecule has 2 nitrogen and oxygen atoms in total. The number of hydrogen-bond donors (Lipinski definition) is 1. The lowest BCUT2D eigenvalue weighted by molar-refractivity contribution is 0.0340. The molecule has 0 amide bonds. The van der Waals surface area contributed by atoms with Crippen LogP contribution in [0.15, 0.2) is 17.5 Å². The number of nitrogens with zero attached hydrogens (tertiary/aromatic N) is 1. The first-order valence-electron chi connectivity index (χ1n) is 7.87. The van der Waals surface area contributed by atoms with E-state index in [0.29, 0.717) is 17.4 Å². The zero-order valence-corrected chi connectivity index (χ0v) is 14.2. The lowest BCUT2D eigenvalue weighted by Crippen LogP contribution is -2.49. The van der Waals surface area contributed by atoms with E-state index in [0.717, 1.165) is 12.5 Å². The fourth-order valence-corrected chi connectivity index (χ4v) is 4.19.